The van der Waals surface area contributed by atoms with Gasteiger partial charge in [-0.3, -0.25) is 5.41 Å². The lowest BCUT2D eigenvalue weighted by atomic mass is 10.1. The highest BCUT2D eigenvalue weighted by atomic mass is 15.3. The van der Waals surface area contributed by atoms with Crippen molar-refractivity contribution in [2.24, 2.45) is 5.73 Å². The molecule has 1 aliphatic rings. The molecule has 0 spiro atoms. The molecule has 2 heterocycles. The minimum atomic E-state index is 0.101. The van der Waals surface area contributed by atoms with Crippen LogP contribution in [0.1, 0.15) is 18.2 Å². The third-order valence-electron chi connectivity index (χ3n) is 3.53. The van der Waals surface area contributed by atoms with Crippen LogP contribution in [0.15, 0.2) is 12.1 Å². The van der Waals surface area contributed by atoms with Gasteiger partial charge in [0.25, 0.3) is 0 Å². The number of likely N-dealkylation sites (N-methyl/N-ethyl adjacent to an activating group) is 1. The van der Waals surface area contributed by atoms with Gasteiger partial charge in [-0.05, 0) is 33.0 Å². The number of piperazine rings is 1. The Balaban J connectivity index is 2.25. The van der Waals surface area contributed by atoms with Crippen LogP contribution in [0.2, 0.25) is 0 Å². The maximum atomic E-state index is 7.54. The average Bonchev–Trinajstić information content (AvgIpc) is 2.31. The van der Waals surface area contributed by atoms with Gasteiger partial charge in [0.1, 0.15) is 11.7 Å². The first kappa shape index (κ1) is 12.8. The van der Waals surface area contributed by atoms with E-state index in [2.05, 4.69) is 28.8 Å². The summed E-state index contributed by atoms with van der Waals surface area (Å²) in [5.74, 6) is 1.03. The van der Waals surface area contributed by atoms with Gasteiger partial charge in [0.05, 0.1) is 0 Å². The van der Waals surface area contributed by atoms with Crippen LogP contribution in [0.3, 0.4) is 0 Å². The normalized spacial score (nSPS) is 21.1. The number of hydrogen-bond donors (Lipinski definition) is 2. The Bertz CT molecular complexity index is 457. The molecule has 18 heavy (non-hydrogen) atoms. The first-order chi connectivity index (χ1) is 8.47. The maximum absolute atomic E-state index is 7.54. The van der Waals surface area contributed by atoms with Crippen molar-refractivity contribution in [3.63, 3.8) is 0 Å². The Kier molecular flexibility index (Phi) is 3.52. The van der Waals surface area contributed by atoms with Crippen molar-refractivity contribution in [3.05, 3.63) is 23.4 Å². The zero-order valence-electron chi connectivity index (χ0n) is 11.3. The number of nitrogens with one attached hydrogen (secondary N) is 1. The monoisotopic (exact) mass is 247 g/mol. The largest absolute Gasteiger partial charge is 0.384 e. The van der Waals surface area contributed by atoms with Crippen LogP contribution >= 0.6 is 0 Å². The van der Waals surface area contributed by atoms with Gasteiger partial charge in [0, 0.05) is 36.9 Å². The number of hydrogen-bond acceptors (Lipinski definition) is 4. The van der Waals surface area contributed by atoms with E-state index >= 15 is 0 Å². The molecule has 1 fully saturated rings. The molecule has 0 amide bonds. The molecule has 0 radical (unpaired) electrons. The number of pyridine rings is 1. The summed E-state index contributed by atoms with van der Waals surface area (Å²) in [6, 6.07) is 4.28. The highest BCUT2D eigenvalue weighted by Gasteiger charge is 2.22. The minimum Gasteiger partial charge on any atom is -0.384 e. The Morgan fingerprint density at radius 3 is 2.78 bits per heavy atom. The predicted molar refractivity (Wildman–Crippen MR) is 74.3 cm³/mol. The molecule has 5 heteroatoms. The summed E-state index contributed by atoms with van der Waals surface area (Å²) in [7, 11) is 2.15. The molecule has 98 valence electrons. The molecule has 1 aromatic heterocycles. The summed E-state index contributed by atoms with van der Waals surface area (Å²) < 4.78 is 0. The van der Waals surface area contributed by atoms with Crippen molar-refractivity contribution >= 4 is 11.7 Å². The van der Waals surface area contributed by atoms with Crippen LogP contribution in [0, 0.1) is 12.3 Å². The van der Waals surface area contributed by atoms with Crippen molar-refractivity contribution < 1.29 is 0 Å². The van der Waals surface area contributed by atoms with Crippen molar-refractivity contribution in [3.8, 4) is 0 Å². The molecule has 2 rings (SSSR count). The first-order valence-electron chi connectivity index (χ1n) is 6.25. The van der Waals surface area contributed by atoms with Gasteiger partial charge in [-0.2, -0.15) is 0 Å². The summed E-state index contributed by atoms with van der Waals surface area (Å²) in [4.78, 5) is 9.17. The Hall–Kier alpha value is -1.62. The Labute approximate surface area is 108 Å². The number of aryl methyl sites for hydroxylation is 1. The number of amidine groups is 1. The predicted octanol–water partition coefficient (Wildman–Crippen LogP) is 0.814. The zero-order chi connectivity index (χ0) is 13.3. The number of rotatable bonds is 2. The van der Waals surface area contributed by atoms with Gasteiger partial charge < -0.3 is 15.5 Å². The quantitative estimate of drug-likeness (QED) is 0.599. The average molecular weight is 247 g/mol. The summed E-state index contributed by atoms with van der Waals surface area (Å²) in [5, 5.41) is 7.54. The van der Waals surface area contributed by atoms with Crippen molar-refractivity contribution in [1.82, 2.24) is 9.88 Å². The van der Waals surface area contributed by atoms with Crippen LogP contribution in [0.5, 0.6) is 0 Å². The zero-order valence-corrected chi connectivity index (χ0v) is 11.3. The van der Waals surface area contributed by atoms with Crippen LogP contribution < -0.4 is 10.6 Å². The van der Waals surface area contributed by atoms with Gasteiger partial charge in [-0.1, -0.05) is 0 Å². The maximum Gasteiger partial charge on any atom is 0.129 e. The third-order valence-corrected chi connectivity index (χ3v) is 3.53. The summed E-state index contributed by atoms with van der Waals surface area (Å²) in [5.41, 5.74) is 7.22. The molecule has 1 unspecified atom stereocenters. The standard InChI is InChI=1S/C13H21N5/c1-9-6-11(13(14)15)7-12(16-9)18-5-4-17(3)10(2)8-18/h6-7,10H,4-5,8H2,1-3H3,(H3,14,15). The molecule has 1 atom stereocenters. The molecular weight excluding hydrogens is 226 g/mol. The molecule has 0 bridgehead atoms. The number of nitrogen functional groups attached to an aromatic ring is 1. The van der Waals surface area contributed by atoms with Crippen LogP contribution in [0.4, 0.5) is 5.82 Å². The van der Waals surface area contributed by atoms with Crippen molar-refractivity contribution in [1.29, 1.82) is 5.41 Å². The second kappa shape index (κ2) is 4.94. The van der Waals surface area contributed by atoms with E-state index in [1.165, 1.54) is 0 Å². The second-order valence-corrected chi connectivity index (χ2v) is 5.04. The number of aromatic nitrogens is 1. The van der Waals surface area contributed by atoms with E-state index in [0.29, 0.717) is 6.04 Å². The summed E-state index contributed by atoms with van der Waals surface area (Å²) in [6.45, 7) is 7.12. The Morgan fingerprint density at radius 2 is 2.17 bits per heavy atom. The van der Waals surface area contributed by atoms with Gasteiger partial charge in [-0.15, -0.1) is 0 Å². The smallest absolute Gasteiger partial charge is 0.129 e. The van der Waals surface area contributed by atoms with Gasteiger partial charge in [0.15, 0.2) is 0 Å². The van der Waals surface area contributed by atoms with Gasteiger partial charge in [0.2, 0.25) is 0 Å². The lowest BCUT2D eigenvalue weighted by Gasteiger charge is -2.38. The molecule has 0 saturated carbocycles. The second-order valence-electron chi connectivity index (χ2n) is 5.04. The van der Waals surface area contributed by atoms with E-state index in [1.54, 1.807) is 0 Å². The molecule has 0 aromatic carbocycles. The van der Waals surface area contributed by atoms with Crippen molar-refractivity contribution in [2.75, 3.05) is 31.6 Å². The molecule has 3 N–H and O–H groups in total. The lowest BCUT2D eigenvalue weighted by molar-refractivity contribution is 0.233. The highest BCUT2D eigenvalue weighted by molar-refractivity contribution is 5.95. The van der Waals surface area contributed by atoms with Crippen LogP contribution in [-0.4, -0.2) is 48.4 Å². The van der Waals surface area contributed by atoms with Gasteiger partial charge in [-0.25, -0.2) is 4.98 Å². The van der Waals surface area contributed by atoms with Gasteiger partial charge >= 0.3 is 0 Å². The number of anilines is 1. The summed E-state index contributed by atoms with van der Waals surface area (Å²) in [6.07, 6.45) is 0. The van der Waals surface area contributed by atoms with Crippen molar-refractivity contribution in [2.45, 2.75) is 19.9 Å². The fourth-order valence-corrected chi connectivity index (χ4v) is 2.23. The van der Waals surface area contributed by atoms with E-state index in [4.69, 9.17) is 11.1 Å². The topological polar surface area (TPSA) is 69.2 Å². The lowest BCUT2D eigenvalue weighted by Crippen LogP contribution is -2.50. The van der Waals surface area contributed by atoms with E-state index in [0.717, 1.165) is 36.7 Å². The van der Waals surface area contributed by atoms with Crippen LogP contribution in [-0.2, 0) is 0 Å². The number of nitrogens with zero attached hydrogens (tertiary/aromatic N) is 3. The number of nitrogens with two attached hydrogens (primary N) is 1. The fraction of sp³-hybridized carbons (Fsp3) is 0.538. The molecule has 1 saturated heterocycles. The molecule has 0 aliphatic carbocycles. The van der Waals surface area contributed by atoms with E-state index in [-0.39, 0.29) is 5.84 Å². The molecule has 1 aromatic rings. The highest BCUT2D eigenvalue weighted by Crippen LogP contribution is 2.18. The summed E-state index contributed by atoms with van der Waals surface area (Å²) >= 11 is 0. The van der Waals surface area contributed by atoms with E-state index in [9.17, 15) is 0 Å². The molecule has 1 aliphatic heterocycles. The molecular formula is C13H21N5. The first-order valence-corrected chi connectivity index (χ1v) is 6.25. The SMILES string of the molecule is Cc1cc(C(=N)N)cc(N2CCN(C)C(C)C2)n1. The van der Waals surface area contributed by atoms with E-state index in [1.807, 2.05) is 19.1 Å². The van der Waals surface area contributed by atoms with Crippen LogP contribution in [0.25, 0.3) is 0 Å². The third kappa shape index (κ3) is 2.61. The molecule has 5 nitrogen and oxygen atoms in total. The minimum absolute atomic E-state index is 0.101. The van der Waals surface area contributed by atoms with E-state index < -0.39 is 0 Å². The fourth-order valence-electron chi connectivity index (χ4n) is 2.23. The Morgan fingerprint density at radius 1 is 1.44 bits per heavy atom.